The van der Waals surface area contributed by atoms with Gasteiger partial charge in [-0.2, -0.15) is 0 Å². The zero-order chi connectivity index (χ0) is 24.3. The van der Waals surface area contributed by atoms with Crippen LogP contribution >= 0.6 is 0 Å². The van der Waals surface area contributed by atoms with E-state index in [2.05, 4.69) is 33.4 Å². The first-order valence-corrected chi connectivity index (χ1v) is 14.3. The van der Waals surface area contributed by atoms with Gasteiger partial charge in [0.25, 0.3) is 0 Å². The maximum absolute atomic E-state index is 13.0. The Morgan fingerprint density at radius 3 is 1.71 bits per heavy atom. The van der Waals surface area contributed by atoms with Crippen molar-refractivity contribution in [3.63, 3.8) is 0 Å². The highest BCUT2D eigenvalue weighted by molar-refractivity contribution is 5.78. The number of hydrogen-bond acceptors (Lipinski definition) is 3. The van der Waals surface area contributed by atoms with E-state index >= 15 is 0 Å². The number of rotatable bonds is 4. The van der Waals surface area contributed by atoms with Crippen LogP contribution in [0.25, 0.3) is 0 Å². The quantitative estimate of drug-likeness (QED) is 0.601. The maximum atomic E-state index is 13.0. The molecule has 194 valence electrons. The van der Waals surface area contributed by atoms with Crippen molar-refractivity contribution in [2.75, 3.05) is 58.9 Å². The molecule has 4 aliphatic rings. The molecule has 0 aliphatic carbocycles. The summed E-state index contributed by atoms with van der Waals surface area (Å²) in [6, 6.07) is 0.294. The topological polar surface area (TPSA) is 47.1 Å². The number of amides is 3. The summed E-state index contributed by atoms with van der Waals surface area (Å²) in [5.41, 5.74) is 0.475. The molecule has 0 aromatic heterocycles. The Labute approximate surface area is 208 Å². The smallest absolute Gasteiger partial charge is 0.319 e. The lowest BCUT2D eigenvalue weighted by molar-refractivity contribution is -0.137. The summed E-state index contributed by atoms with van der Waals surface area (Å²) in [5.74, 6) is 2.70. The fourth-order valence-corrected chi connectivity index (χ4v) is 6.91. The van der Waals surface area contributed by atoms with Crippen LogP contribution in [0.3, 0.4) is 0 Å². The molecule has 3 amide bonds. The Balaban J connectivity index is 1.14. The number of carbonyl (C=O) groups excluding carboxylic acids is 2. The number of urea groups is 1. The molecule has 1 spiro atoms. The van der Waals surface area contributed by atoms with Gasteiger partial charge < -0.3 is 19.6 Å². The molecule has 4 rings (SSSR count). The third kappa shape index (κ3) is 6.09. The van der Waals surface area contributed by atoms with Crippen molar-refractivity contribution in [1.82, 2.24) is 19.6 Å². The van der Waals surface area contributed by atoms with E-state index in [0.717, 1.165) is 69.9 Å². The fraction of sp³-hybridized carbons (Fsp3) is 0.929. The van der Waals surface area contributed by atoms with Crippen LogP contribution in [0.4, 0.5) is 4.79 Å². The normalized spacial score (nSPS) is 25.5. The monoisotopic (exact) mass is 474 g/mol. The van der Waals surface area contributed by atoms with Gasteiger partial charge in [-0.15, -0.1) is 0 Å². The third-order valence-corrected chi connectivity index (χ3v) is 9.70. The lowest BCUT2D eigenvalue weighted by Crippen LogP contribution is -2.51. The lowest BCUT2D eigenvalue weighted by atomic mass is 9.71. The van der Waals surface area contributed by atoms with Gasteiger partial charge in [-0.25, -0.2) is 4.79 Å². The zero-order valence-corrected chi connectivity index (χ0v) is 22.4. The molecule has 6 heteroatoms. The maximum Gasteiger partial charge on any atom is 0.319 e. The average Bonchev–Trinajstić information content (AvgIpc) is 2.85. The summed E-state index contributed by atoms with van der Waals surface area (Å²) in [7, 11) is 0. The van der Waals surface area contributed by atoms with Crippen molar-refractivity contribution in [3.8, 4) is 0 Å². The van der Waals surface area contributed by atoms with Gasteiger partial charge in [0.2, 0.25) is 5.91 Å². The first-order chi connectivity index (χ1) is 16.3. The molecular formula is C28H50N4O2. The van der Waals surface area contributed by atoms with Gasteiger partial charge in [-0.1, -0.05) is 27.7 Å². The van der Waals surface area contributed by atoms with Gasteiger partial charge in [0.05, 0.1) is 0 Å². The first-order valence-electron chi connectivity index (χ1n) is 14.3. The van der Waals surface area contributed by atoms with E-state index in [4.69, 9.17) is 0 Å². The molecule has 0 aromatic carbocycles. The average molecular weight is 475 g/mol. The zero-order valence-electron chi connectivity index (χ0n) is 22.4. The van der Waals surface area contributed by atoms with Gasteiger partial charge in [-0.05, 0) is 87.6 Å². The van der Waals surface area contributed by atoms with Crippen molar-refractivity contribution >= 4 is 11.9 Å². The standard InChI is InChI=1S/C28H50N4O2/c1-22(2)25-7-15-32(16-8-25)27(34)31-13-5-24(6-14-31)21-29-17-9-28(10-18-29)11-19-30(20-12-28)26(33)23(3)4/h22-25H,5-21H2,1-4H3. The van der Waals surface area contributed by atoms with Gasteiger partial charge in [0.15, 0.2) is 0 Å². The number of piperidine rings is 4. The highest BCUT2D eigenvalue weighted by atomic mass is 16.2. The summed E-state index contributed by atoms with van der Waals surface area (Å²) in [6.45, 7) is 18.0. The molecular weight excluding hydrogens is 424 g/mol. The van der Waals surface area contributed by atoms with Crippen molar-refractivity contribution in [1.29, 1.82) is 0 Å². The van der Waals surface area contributed by atoms with E-state index in [1.165, 1.54) is 58.2 Å². The van der Waals surface area contributed by atoms with Crippen LogP contribution < -0.4 is 0 Å². The molecule has 0 N–H and O–H groups in total. The molecule has 6 nitrogen and oxygen atoms in total. The molecule has 4 saturated heterocycles. The van der Waals surface area contributed by atoms with E-state index in [1.807, 2.05) is 13.8 Å². The van der Waals surface area contributed by atoms with Crippen LogP contribution in [0.5, 0.6) is 0 Å². The predicted molar refractivity (Wildman–Crippen MR) is 138 cm³/mol. The van der Waals surface area contributed by atoms with Gasteiger partial charge in [-0.3, -0.25) is 4.79 Å². The second kappa shape index (κ2) is 11.2. The van der Waals surface area contributed by atoms with Crippen LogP contribution in [0.2, 0.25) is 0 Å². The number of likely N-dealkylation sites (tertiary alicyclic amines) is 4. The second-order valence-electron chi connectivity index (χ2n) is 12.6. The minimum Gasteiger partial charge on any atom is -0.342 e. The molecule has 0 unspecified atom stereocenters. The van der Waals surface area contributed by atoms with Crippen LogP contribution in [0.1, 0.15) is 79.1 Å². The Morgan fingerprint density at radius 2 is 1.21 bits per heavy atom. The minimum absolute atomic E-state index is 0.120. The molecule has 0 atom stereocenters. The van der Waals surface area contributed by atoms with E-state index in [0.29, 0.717) is 17.4 Å². The molecule has 4 fully saturated rings. The van der Waals surface area contributed by atoms with E-state index in [9.17, 15) is 9.59 Å². The number of nitrogens with zero attached hydrogens (tertiary/aromatic N) is 4. The van der Waals surface area contributed by atoms with Crippen molar-refractivity contribution in [2.24, 2.45) is 29.1 Å². The number of hydrogen-bond donors (Lipinski definition) is 0. The summed E-state index contributed by atoms with van der Waals surface area (Å²) in [6.07, 6.45) is 9.61. The molecule has 0 radical (unpaired) electrons. The van der Waals surface area contributed by atoms with Gasteiger partial charge >= 0.3 is 6.03 Å². The highest BCUT2D eigenvalue weighted by Gasteiger charge is 2.39. The Hall–Kier alpha value is -1.30. The lowest BCUT2D eigenvalue weighted by Gasteiger charge is -2.48. The molecule has 0 aromatic rings. The highest BCUT2D eigenvalue weighted by Crippen LogP contribution is 2.41. The molecule has 0 bridgehead atoms. The van der Waals surface area contributed by atoms with Crippen molar-refractivity contribution < 1.29 is 9.59 Å². The molecule has 4 heterocycles. The minimum atomic E-state index is 0.120. The second-order valence-corrected chi connectivity index (χ2v) is 12.6. The summed E-state index contributed by atoms with van der Waals surface area (Å²) in [5, 5.41) is 0. The summed E-state index contributed by atoms with van der Waals surface area (Å²) < 4.78 is 0. The van der Waals surface area contributed by atoms with Gasteiger partial charge in [0, 0.05) is 51.7 Å². The van der Waals surface area contributed by atoms with Crippen molar-refractivity contribution in [3.05, 3.63) is 0 Å². The third-order valence-electron chi connectivity index (χ3n) is 9.70. The molecule has 4 aliphatic heterocycles. The van der Waals surface area contributed by atoms with Crippen LogP contribution in [0, 0.1) is 29.1 Å². The largest absolute Gasteiger partial charge is 0.342 e. The summed E-state index contributed by atoms with van der Waals surface area (Å²) >= 11 is 0. The Kier molecular flexibility index (Phi) is 8.48. The Morgan fingerprint density at radius 1 is 0.706 bits per heavy atom. The van der Waals surface area contributed by atoms with Crippen molar-refractivity contribution in [2.45, 2.75) is 79.1 Å². The van der Waals surface area contributed by atoms with E-state index in [1.54, 1.807) is 0 Å². The summed E-state index contributed by atoms with van der Waals surface area (Å²) in [4.78, 5) is 34.4. The molecule has 34 heavy (non-hydrogen) atoms. The van der Waals surface area contributed by atoms with Crippen LogP contribution in [0.15, 0.2) is 0 Å². The number of carbonyl (C=O) groups is 2. The SMILES string of the molecule is CC(C)C(=O)N1CCC2(CCN(CC3CCN(C(=O)N4CCC(C(C)C)CC4)CC3)CC2)CC1. The fourth-order valence-electron chi connectivity index (χ4n) is 6.91. The predicted octanol–water partition coefficient (Wildman–Crippen LogP) is 4.55. The van der Waals surface area contributed by atoms with Crippen LogP contribution in [-0.4, -0.2) is 90.4 Å². The first kappa shape index (κ1) is 25.8. The van der Waals surface area contributed by atoms with Gasteiger partial charge in [0.1, 0.15) is 0 Å². The molecule has 0 saturated carbocycles. The van der Waals surface area contributed by atoms with E-state index in [-0.39, 0.29) is 5.92 Å². The van der Waals surface area contributed by atoms with Crippen LogP contribution in [-0.2, 0) is 4.79 Å². The Bertz CT molecular complexity index is 675. The van der Waals surface area contributed by atoms with E-state index < -0.39 is 0 Å².